The summed E-state index contributed by atoms with van der Waals surface area (Å²) >= 11 is 0. The number of hydrogen-bond donors (Lipinski definition) is 2. The normalized spacial score (nSPS) is 11.5. The Morgan fingerprint density at radius 2 is 1.97 bits per heavy atom. The molecule has 0 spiro atoms. The summed E-state index contributed by atoms with van der Waals surface area (Å²) in [5.74, 6) is -1.13. The molecule has 0 saturated heterocycles. The number of ether oxygens (including phenoxy) is 2. The highest BCUT2D eigenvalue weighted by Crippen LogP contribution is 2.16. The Balaban J connectivity index is 1.97. The van der Waals surface area contributed by atoms with Gasteiger partial charge in [-0.1, -0.05) is 19.1 Å². The Morgan fingerprint density at radius 1 is 1.21 bits per heavy atom. The topological polar surface area (TPSA) is 115 Å². The lowest BCUT2D eigenvalue weighted by Crippen LogP contribution is -2.22. The van der Waals surface area contributed by atoms with Crippen LogP contribution in [0.25, 0.3) is 0 Å². The lowest BCUT2D eigenvalue weighted by Gasteiger charge is -2.10. The van der Waals surface area contributed by atoms with E-state index in [1.807, 2.05) is 6.92 Å². The molecular weight excluding hydrogens is 396 g/mol. The van der Waals surface area contributed by atoms with Gasteiger partial charge in [-0.2, -0.15) is 0 Å². The number of anilines is 1. The summed E-state index contributed by atoms with van der Waals surface area (Å²) in [6.07, 6.45) is 2.21. The zero-order valence-corrected chi connectivity index (χ0v) is 17.2. The van der Waals surface area contributed by atoms with Gasteiger partial charge in [0.05, 0.1) is 30.2 Å². The molecule has 0 saturated carbocycles. The first-order chi connectivity index (χ1) is 13.9. The van der Waals surface area contributed by atoms with Crippen LogP contribution in [0.2, 0.25) is 0 Å². The van der Waals surface area contributed by atoms with Crippen molar-refractivity contribution in [1.82, 2.24) is 4.98 Å². The average Bonchev–Trinajstić information content (AvgIpc) is 2.67. The third-order valence-corrected chi connectivity index (χ3v) is 4.92. The van der Waals surface area contributed by atoms with Crippen molar-refractivity contribution >= 4 is 28.4 Å². The molecule has 1 unspecified atom stereocenters. The van der Waals surface area contributed by atoms with Crippen molar-refractivity contribution in [2.45, 2.75) is 26.0 Å². The van der Waals surface area contributed by atoms with Crippen LogP contribution in [0.5, 0.6) is 5.75 Å². The number of amides is 1. The maximum atomic E-state index is 12.3. The number of benzene rings is 1. The van der Waals surface area contributed by atoms with Gasteiger partial charge < -0.3 is 19.8 Å². The Kier molecular flexibility index (Phi) is 8.60. The fraction of sp³-hybridized carbons (Fsp3) is 0.350. The van der Waals surface area contributed by atoms with E-state index in [2.05, 4.69) is 10.3 Å². The van der Waals surface area contributed by atoms with Gasteiger partial charge in [0.15, 0.2) is 5.75 Å². The van der Waals surface area contributed by atoms with Crippen molar-refractivity contribution < 1.29 is 23.3 Å². The summed E-state index contributed by atoms with van der Waals surface area (Å²) < 4.78 is 22.6. The number of aromatic nitrogens is 1. The smallest absolute Gasteiger partial charge is 0.340 e. The van der Waals surface area contributed by atoms with Gasteiger partial charge in [-0.15, -0.1) is 0 Å². The number of para-hydroxylation sites is 1. The molecule has 9 heteroatoms. The second-order valence-electron chi connectivity index (χ2n) is 6.08. The van der Waals surface area contributed by atoms with E-state index in [9.17, 15) is 18.6 Å². The molecule has 156 valence electrons. The molecule has 2 rings (SSSR count). The second kappa shape index (κ2) is 11.2. The van der Waals surface area contributed by atoms with Gasteiger partial charge in [-0.25, -0.2) is 4.79 Å². The minimum Gasteiger partial charge on any atom is -0.488 e. The van der Waals surface area contributed by atoms with E-state index in [4.69, 9.17) is 9.47 Å². The van der Waals surface area contributed by atoms with Crippen LogP contribution >= 0.6 is 0 Å². The molecule has 2 N–H and O–H groups in total. The summed E-state index contributed by atoms with van der Waals surface area (Å²) in [6.45, 7) is 4.27. The summed E-state index contributed by atoms with van der Waals surface area (Å²) in [5, 5.41) is 2.59. The summed E-state index contributed by atoms with van der Waals surface area (Å²) in [4.78, 5) is 39.0. The van der Waals surface area contributed by atoms with Crippen LogP contribution in [0.15, 0.2) is 41.3 Å². The van der Waals surface area contributed by atoms with E-state index in [1.165, 1.54) is 18.3 Å². The Bertz CT molecular complexity index is 941. The minimum atomic E-state index is -1.55. The van der Waals surface area contributed by atoms with Crippen molar-refractivity contribution in [2.24, 2.45) is 0 Å². The van der Waals surface area contributed by atoms with Gasteiger partial charge in [0.2, 0.25) is 11.3 Å². The Hall–Kier alpha value is -2.94. The molecule has 1 aromatic carbocycles. The number of carbonyl (C=O) groups excluding carboxylic acids is 2. The van der Waals surface area contributed by atoms with E-state index in [1.54, 1.807) is 25.1 Å². The van der Waals surface area contributed by atoms with Crippen LogP contribution in [-0.4, -0.2) is 40.0 Å². The monoisotopic (exact) mass is 420 g/mol. The number of nitrogens with one attached hydrogen (secondary N) is 2. The van der Waals surface area contributed by atoms with Crippen LogP contribution in [0.1, 0.15) is 36.3 Å². The molecule has 2 aromatic rings. The molecule has 29 heavy (non-hydrogen) atoms. The summed E-state index contributed by atoms with van der Waals surface area (Å²) in [7, 11) is -1.55. The molecule has 0 aliphatic carbocycles. The molecule has 0 aliphatic heterocycles. The van der Waals surface area contributed by atoms with Gasteiger partial charge in [0.1, 0.15) is 5.75 Å². The largest absolute Gasteiger partial charge is 0.488 e. The number of hydrogen-bond acceptors (Lipinski definition) is 6. The first-order valence-corrected chi connectivity index (χ1v) is 10.7. The summed E-state index contributed by atoms with van der Waals surface area (Å²) in [5.41, 5.74) is 0.646. The third-order valence-electron chi connectivity index (χ3n) is 3.70. The van der Waals surface area contributed by atoms with Crippen LogP contribution in [0, 0.1) is 0 Å². The van der Waals surface area contributed by atoms with Gasteiger partial charge in [0, 0.05) is 28.8 Å². The van der Waals surface area contributed by atoms with Crippen LogP contribution < -0.4 is 15.5 Å². The van der Waals surface area contributed by atoms with E-state index in [-0.39, 0.29) is 34.9 Å². The highest BCUT2D eigenvalue weighted by atomic mass is 32.2. The Morgan fingerprint density at radius 3 is 2.66 bits per heavy atom. The highest BCUT2D eigenvalue weighted by Gasteiger charge is 2.16. The first kappa shape index (κ1) is 22.4. The lowest BCUT2D eigenvalue weighted by atomic mass is 10.2. The minimum absolute atomic E-state index is 0.0102. The molecule has 1 heterocycles. The lowest BCUT2D eigenvalue weighted by molar-refractivity contribution is -0.113. The number of pyridine rings is 1. The van der Waals surface area contributed by atoms with Gasteiger partial charge >= 0.3 is 5.97 Å². The quantitative estimate of drug-likeness (QED) is 0.570. The zero-order chi connectivity index (χ0) is 21.2. The molecule has 8 nitrogen and oxygen atoms in total. The van der Waals surface area contributed by atoms with E-state index >= 15 is 0 Å². The molecule has 0 bridgehead atoms. The number of aromatic amines is 1. The number of esters is 1. The van der Waals surface area contributed by atoms with Crippen molar-refractivity contribution in [3.63, 3.8) is 0 Å². The van der Waals surface area contributed by atoms with E-state index < -0.39 is 22.7 Å². The van der Waals surface area contributed by atoms with Crippen molar-refractivity contribution in [2.75, 3.05) is 24.3 Å². The molecule has 1 atom stereocenters. The molecular formula is C20H24N2O6S. The number of H-pyrrole nitrogens is 1. The predicted molar refractivity (Wildman–Crippen MR) is 111 cm³/mol. The van der Waals surface area contributed by atoms with Crippen LogP contribution in [0.4, 0.5) is 5.69 Å². The second-order valence-corrected chi connectivity index (χ2v) is 7.53. The molecule has 1 amide bonds. The fourth-order valence-corrected chi connectivity index (χ4v) is 3.42. The first-order valence-electron chi connectivity index (χ1n) is 9.20. The van der Waals surface area contributed by atoms with E-state index in [0.717, 1.165) is 6.42 Å². The van der Waals surface area contributed by atoms with Gasteiger partial charge in [-0.05, 0) is 25.5 Å². The van der Waals surface area contributed by atoms with Crippen LogP contribution in [-0.2, 0) is 26.1 Å². The third kappa shape index (κ3) is 6.86. The predicted octanol–water partition coefficient (Wildman–Crippen LogP) is 2.23. The zero-order valence-electron chi connectivity index (χ0n) is 16.4. The number of carbonyl (C=O) groups is 2. The van der Waals surface area contributed by atoms with Gasteiger partial charge in [0.25, 0.3) is 0 Å². The maximum Gasteiger partial charge on any atom is 0.340 e. The van der Waals surface area contributed by atoms with Crippen molar-refractivity contribution in [3.8, 4) is 5.75 Å². The van der Waals surface area contributed by atoms with Crippen molar-refractivity contribution in [3.05, 3.63) is 58.0 Å². The molecule has 0 radical (unpaired) electrons. The summed E-state index contributed by atoms with van der Waals surface area (Å²) in [6, 6.07) is 7.75. The molecule has 1 aromatic heterocycles. The van der Waals surface area contributed by atoms with E-state index in [0.29, 0.717) is 18.0 Å². The Labute approximate surface area is 171 Å². The highest BCUT2D eigenvalue weighted by molar-refractivity contribution is 7.84. The average molecular weight is 420 g/mol. The van der Waals surface area contributed by atoms with Crippen molar-refractivity contribution in [1.29, 1.82) is 0 Å². The maximum absolute atomic E-state index is 12.3. The number of rotatable bonds is 10. The van der Waals surface area contributed by atoms with Crippen LogP contribution in [0.3, 0.4) is 0 Å². The SMILES string of the molecule is CCCOc1c[nH]c(CS(=O)CC(=O)Nc2ccccc2C(=O)OCC)cc1=O. The molecule has 0 fully saturated rings. The van der Waals surface area contributed by atoms with Gasteiger partial charge in [-0.3, -0.25) is 13.8 Å². The standard InChI is InChI=1S/C20H24N2O6S/c1-3-9-28-18-11-21-14(10-17(18)23)12-29(26)13-19(24)22-16-8-6-5-7-15(16)20(25)27-4-2/h5-8,10-11H,3-4,9,12-13H2,1-2H3,(H,21,23)(H,22,24). The fourth-order valence-electron chi connectivity index (χ4n) is 2.44. The molecule has 0 aliphatic rings.